The molecule has 2 aromatic heterocycles. The van der Waals surface area contributed by atoms with Crippen LogP contribution in [0.15, 0.2) is 83.5 Å². The molecule has 3 heterocycles. The molecule has 1 aliphatic heterocycles. The van der Waals surface area contributed by atoms with Crippen LogP contribution in [0.2, 0.25) is 0 Å². The standard InChI is InChI=1S/C28H26N4O5/c1-19-11-13-20(14-12-19)22-17-25(32(30-22)21-7-3-2-4-8-21)29-26(33)18-37-28(35)23-9-5-15-31(23)27(34)24-10-6-16-36-24/h2-4,6-8,10-14,16-17,23H,5,9,15,18H2,1H3,(H,29,33). The molecule has 37 heavy (non-hydrogen) atoms. The van der Waals surface area contributed by atoms with Crippen molar-refractivity contribution >= 4 is 23.6 Å². The minimum atomic E-state index is -0.756. The number of likely N-dealkylation sites (tertiary alicyclic amines) is 1. The number of furan rings is 1. The van der Waals surface area contributed by atoms with E-state index >= 15 is 0 Å². The highest BCUT2D eigenvalue weighted by atomic mass is 16.5. The molecule has 9 nitrogen and oxygen atoms in total. The van der Waals surface area contributed by atoms with Gasteiger partial charge in [-0.15, -0.1) is 0 Å². The molecule has 5 rings (SSSR count). The Morgan fingerprint density at radius 1 is 1.05 bits per heavy atom. The van der Waals surface area contributed by atoms with E-state index in [9.17, 15) is 14.4 Å². The maximum absolute atomic E-state index is 12.8. The first-order chi connectivity index (χ1) is 18.0. The van der Waals surface area contributed by atoms with Gasteiger partial charge in [0.05, 0.1) is 17.6 Å². The Labute approximate surface area is 213 Å². The molecule has 1 aliphatic rings. The number of nitrogens with zero attached hydrogens (tertiary/aromatic N) is 3. The summed E-state index contributed by atoms with van der Waals surface area (Å²) in [6, 6.07) is 21.5. The van der Waals surface area contributed by atoms with Gasteiger partial charge in [-0.25, -0.2) is 9.48 Å². The number of nitrogens with one attached hydrogen (secondary N) is 1. The monoisotopic (exact) mass is 498 g/mol. The van der Waals surface area contributed by atoms with Gasteiger partial charge in [-0.2, -0.15) is 5.10 Å². The van der Waals surface area contributed by atoms with Crippen molar-refractivity contribution in [2.75, 3.05) is 18.5 Å². The van der Waals surface area contributed by atoms with Gasteiger partial charge in [0.1, 0.15) is 11.9 Å². The maximum Gasteiger partial charge on any atom is 0.329 e. The maximum atomic E-state index is 12.8. The number of aryl methyl sites for hydroxylation is 1. The Hall–Kier alpha value is -4.66. The zero-order valence-corrected chi connectivity index (χ0v) is 20.3. The first-order valence-electron chi connectivity index (χ1n) is 12.0. The molecule has 1 saturated heterocycles. The van der Waals surface area contributed by atoms with Gasteiger partial charge in [0.25, 0.3) is 11.8 Å². The molecule has 0 aliphatic carbocycles. The van der Waals surface area contributed by atoms with E-state index in [-0.39, 0.29) is 11.7 Å². The molecule has 0 saturated carbocycles. The van der Waals surface area contributed by atoms with Crippen LogP contribution >= 0.6 is 0 Å². The number of para-hydroxylation sites is 1. The minimum Gasteiger partial charge on any atom is -0.459 e. The van der Waals surface area contributed by atoms with Crippen LogP contribution in [0.5, 0.6) is 0 Å². The third-order valence-electron chi connectivity index (χ3n) is 6.19. The molecule has 1 atom stereocenters. The van der Waals surface area contributed by atoms with Crippen molar-refractivity contribution in [2.24, 2.45) is 0 Å². The van der Waals surface area contributed by atoms with E-state index in [2.05, 4.69) is 10.4 Å². The van der Waals surface area contributed by atoms with Gasteiger partial charge >= 0.3 is 5.97 Å². The van der Waals surface area contributed by atoms with Gasteiger partial charge in [0.2, 0.25) is 0 Å². The molecule has 1 N–H and O–H groups in total. The Bertz CT molecular complexity index is 1390. The van der Waals surface area contributed by atoms with Crippen LogP contribution in [0.1, 0.15) is 29.0 Å². The second-order valence-corrected chi connectivity index (χ2v) is 8.82. The minimum absolute atomic E-state index is 0.163. The zero-order valence-electron chi connectivity index (χ0n) is 20.3. The van der Waals surface area contributed by atoms with Crippen molar-refractivity contribution in [3.8, 4) is 16.9 Å². The van der Waals surface area contributed by atoms with E-state index in [0.29, 0.717) is 30.9 Å². The highest BCUT2D eigenvalue weighted by molar-refractivity contribution is 5.96. The van der Waals surface area contributed by atoms with E-state index in [1.807, 2.05) is 61.5 Å². The number of hydrogen-bond donors (Lipinski definition) is 1. The van der Waals surface area contributed by atoms with Crippen molar-refractivity contribution in [3.63, 3.8) is 0 Å². The fraction of sp³-hybridized carbons (Fsp3) is 0.214. The van der Waals surface area contributed by atoms with Crippen LogP contribution in [0.25, 0.3) is 16.9 Å². The average molecular weight is 499 g/mol. The fourth-order valence-electron chi connectivity index (χ4n) is 4.31. The number of carbonyl (C=O) groups excluding carboxylic acids is 3. The summed E-state index contributed by atoms with van der Waals surface area (Å²) < 4.78 is 12.1. The summed E-state index contributed by atoms with van der Waals surface area (Å²) in [4.78, 5) is 39.6. The molecular formula is C28H26N4O5. The summed E-state index contributed by atoms with van der Waals surface area (Å²) >= 11 is 0. The lowest BCUT2D eigenvalue weighted by atomic mass is 10.1. The van der Waals surface area contributed by atoms with Gasteiger partial charge in [-0.3, -0.25) is 9.59 Å². The van der Waals surface area contributed by atoms with Crippen LogP contribution in [0.3, 0.4) is 0 Å². The van der Waals surface area contributed by atoms with E-state index < -0.39 is 24.5 Å². The normalized spacial score (nSPS) is 14.9. The summed E-state index contributed by atoms with van der Waals surface area (Å²) in [5.41, 5.74) is 3.50. The number of benzene rings is 2. The molecule has 0 radical (unpaired) electrons. The number of anilines is 1. The number of esters is 1. The van der Waals surface area contributed by atoms with Crippen molar-refractivity contribution in [1.82, 2.24) is 14.7 Å². The third kappa shape index (κ3) is 5.30. The summed E-state index contributed by atoms with van der Waals surface area (Å²) in [6.07, 6.45) is 2.54. The van der Waals surface area contributed by atoms with Crippen molar-refractivity contribution in [3.05, 3.63) is 90.4 Å². The van der Waals surface area contributed by atoms with E-state index in [4.69, 9.17) is 9.15 Å². The van der Waals surface area contributed by atoms with E-state index in [0.717, 1.165) is 16.8 Å². The molecule has 4 aromatic rings. The first-order valence-corrected chi connectivity index (χ1v) is 12.0. The molecule has 0 bridgehead atoms. The lowest BCUT2D eigenvalue weighted by molar-refractivity contribution is -0.151. The predicted molar refractivity (Wildman–Crippen MR) is 136 cm³/mol. The highest BCUT2D eigenvalue weighted by Gasteiger charge is 2.36. The number of rotatable bonds is 7. The van der Waals surface area contributed by atoms with Crippen LogP contribution in [-0.4, -0.2) is 51.7 Å². The number of ether oxygens (including phenoxy) is 1. The zero-order chi connectivity index (χ0) is 25.8. The number of carbonyl (C=O) groups is 3. The predicted octanol–water partition coefficient (Wildman–Crippen LogP) is 4.23. The molecule has 1 unspecified atom stereocenters. The highest BCUT2D eigenvalue weighted by Crippen LogP contribution is 2.25. The third-order valence-corrected chi connectivity index (χ3v) is 6.19. The number of hydrogen-bond acceptors (Lipinski definition) is 6. The molecule has 188 valence electrons. The van der Waals surface area contributed by atoms with Gasteiger partial charge in [0.15, 0.2) is 12.4 Å². The van der Waals surface area contributed by atoms with E-state index in [1.54, 1.807) is 22.9 Å². The van der Waals surface area contributed by atoms with Gasteiger partial charge in [-0.1, -0.05) is 48.0 Å². The van der Waals surface area contributed by atoms with Gasteiger partial charge < -0.3 is 19.4 Å². The van der Waals surface area contributed by atoms with Crippen LogP contribution < -0.4 is 5.32 Å². The Morgan fingerprint density at radius 3 is 2.57 bits per heavy atom. The first kappa shape index (κ1) is 24.1. The molecule has 1 fully saturated rings. The largest absolute Gasteiger partial charge is 0.459 e. The van der Waals surface area contributed by atoms with Gasteiger partial charge in [-0.05, 0) is 44.0 Å². The van der Waals surface area contributed by atoms with Crippen molar-refractivity contribution in [1.29, 1.82) is 0 Å². The van der Waals surface area contributed by atoms with Gasteiger partial charge in [0, 0.05) is 18.2 Å². The summed E-state index contributed by atoms with van der Waals surface area (Å²) in [7, 11) is 0. The lowest BCUT2D eigenvalue weighted by Crippen LogP contribution is -2.42. The van der Waals surface area contributed by atoms with Crippen LogP contribution in [0.4, 0.5) is 5.82 Å². The second-order valence-electron chi connectivity index (χ2n) is 8.82. The Morgan fingerprint density at radius 2 is 1.84 bits per heavy atom. The smallest absolute Gasteiger partial charge is 0.329 e. The second kappa shape index (κ2) is 10.5. The molecule has 0 spiro atoms. The quantitative estimate of drug-likeness (QED) is 0.382. The fourth-order valence-corrected chi connectivity index (χ4v) is 4.31. The number of aromatic nitrogens is 2. The summed E-state index contributed by atoms with van der Waals surface area (Å²) in [5.74, 6) is -0.897. The summed E-state index contributed by atoms with van der Waals surface area (Å²) in [6.45, 7) is 1.94. The SMILES string of the molecule is Cc1ccc(-c2cc(NC(=O)COC(=O)C3CCCN3C(=O)c3ccco3)n(-c3ccccc3)n2)cc1. The van der Waals surface area contributed by atoms with Crippen molar-refractivity contribution < 1.29 is 23.5 Å². The Kier molecular flexibility index (Phi) is 6.85. The van der Waals surface area contributed by atoms with E-state index in [1.165, 1.54) is 11.2 Å². The molecule has 2 amide bonds. The molecular weight excluding hydrogens is 472 g/mol. The number of amides is 2. The lowest BCUT2D eigenvalue weighted by Gasteiger charge is -2.22. The molecule has 2 aromatic carbocycles. The topological polar surface area (TPSA) is 107 Å². The Balaban J connectivity index is 1.27. The summed E-state index contributed by atoms with van der Waals surface area (Å²) in [5, 5.41) is 7.49. The molecule has 9 heteroatoms. The van der Waals surface area contributed by atoms with Crippen molar-refractivity contribution in [2.45, 2.75) is 25.8 Å². The van der Waals surface area contributed by atoms with Crippen LogP contribution in [0, 0.1) is 6.92 Å². The van der Waals surface area contributed by atoms with Crippen LogP contribution in [-0.2, 0) is 14.3 Å². The average Bonchev–Trinajstić information content (AvgIpc) is 3.69.